The van der Waals surface area contributed by atoms with Gasteiger partial charge in [0.05, 0.1) is 5.56 Å². The summed E-state index contributed by atoms with van der Waals surface area (Å²) in [5.41, 5.74) is 0.534. The zero-order valence-electron chi connectivity index (χ0n) is 8.69. The zero-order valence-corrected chi connectivity index (χ0v) is 12.4. The molecule has 0 atom stereocenters. The molecule has 0 aliphatic heterocycles. The maximum Gasteiger partial charge on any atom is 0.343 e. The summed E-state index contributed by atoms with van der Waals surface area (Å²) in [6.07, 6.45) is 0. The molecule has 0 heterocycles. The van der Waals surface area contributed by atoms with Crippen LogP contribution in [0.2, 0.25) is 0 Å². The molecule has 0 aliphatic carbocycles. The molecular formula is C13H8BrIO2. The Kier molecular flexibility index (Phi) is 4.17. The van der Waals surface area contributed by atoms with Crippen molar-refractivity contribution in [2.75, 3.05) is 0 Å². The van der Waals surface area contributed by atoms with Gasteiger partial charge < -0.3 is 4.74 Å². The zero-order chi connectivity index (χ0) is 12.3. The average Bonchev–Trinajstić information content (AvgIpc) is 2.29. The highest BCUT2D eigenvalue weighted by molar-refractivity contribution is 14.1. The van der Waals surface area contributed by atoms with Gasteiger partial charge in [-0.1, -0.05) is 22.0 Å². The van der Waals surface area contributed by atoms with Crippen LogP contribution in [0.15, 0.2) is 53.0 Å². The van der Waals surface area contributed by atoms with Crippen LogP contribution in [-0.2, 0) is 0 Å². The Labute approximate surface area is 121 Å². The first-order valence-corrected chi connectivity index (χ1v) is 6.75. The smallest absolute Gasteiger partial charge is 0.343 e. The molecule has 2 rings (SSSR count). The largest absolute Gasteiger partial charge is 0.423 e. The molecule has 4 heteroatoms. The number of benzene rings is 2. The highest BCUT2D eigenvalue weighted by Gasteiger charge is 2.08. The fraction of sp³-hybridized carbons (Fsp3) is 0. The Morgan fingerprint density at radius 3 is 2.47 bits per heavy atom. The van der Waals surface area contributed by atoms with Crippen LogP contribution in [0.1, 0.15) is 10.4 Å². The van der Waals surface area contributed by atoms with Gasteiger partial charge in [0.15, 0.2) is 0 Å². The third-order valence-electron chi connectivity index (χ3n) is 2.09. The topological polar surface area (TPSA) is 26.3 Å². The van der Waals surface area contributed by atoms with Gasteiger partial charge in [0.1, 0.15) is 5.75 Å². The molecule has 86 valence electrons. The van der Waals surface area contributed by atoms with Gasteiger partial charge in [0.2, 0.25) is 0 Å². The van der Waals surface area contributed by atoms with Gasteiger partial charge >= 0.3 is 5.97 Å². The summed E-state index contributed by atoms with van der Waals surface area (Å²) < 4.78 is 7.23. The summed E-state index contributed by atoms with van der Waals surface area (Å²) in [5.74, 6) is 0.212. The number of carbonyl (C=O) groups is 1. The van der Waals surface area contributed by atoms with Crippen LogP contribution < -0.4 is 4.74 Å². The first-order valence-electron chi connectivity index (χ1n) is 4.88. The van der Waals surface area contributed by atoms with E-state index in [1.807, 2.05) is 30.3 Å². The number of halogens is 2. The normalized spacial score (nSPS) is 10.0. The molecule has 0 saturated carbocycles. The van der Waals surface area contributed by atoms with E-state index in [1.165, 1.54) is 0 Å². The predicted octanol–water partition coefficient (Wildman–Crippen LogP) is 4.27. The van der Waals surface area contributed by atoms with E-state index in [1.54, 1.807) is 18.2 Å². The van der Waals surface area contributed by atoms with Crippen molar-refractivity contribution in [3.8, 4) is 5.75 Å². The predicted molar refractivity (Wildman–Crippen MR) is 78.3 cm³/mol. The molecule has 0 amide bonds. The number of esters is 1. The highest BCUT2D eigenvalue weighted by Crippen LogP contribution is 2.17. The minimum Gasteiger partial charge on any atom is -0.423 e. The number of rotatable bonds is 2. The monoisotopic (exact) mass is 402 g/mol. The second-order valence-electron chi connectivity index (χ2n) is 3.35. The first-order chi connectivity index (χ1) is 8.15. The number of hydrogen-bond acceptors (Lipinski definition) is 2. The molecule has 0 unspecified atom stereocenters. The van der Waals surface area contributed by atoms with Gasteiger partial charge in [-0.3, -0.25) is 0 Å². The maximum absolute atomic E-state index is 11.8. The Hall–Kier alpha value is -0.880. The summed E-state index contributed by atoms with van der Waals surface area (Å²) >= 11 is 5.49. The van der Waals surface area contributed by atoms with Gasteiger partial charge in [-0.15, -0.1) is 0 Å². The standard InChI is InChI=1S/C13H8BrIO2/c14-10-6-4-9(5-7-10)13(16)17-12-3-1-2-11(15)8-12/h1-8H. The van der Waals surface area contributed by atoms with Crippen molar-refractivity contribution < 1.29 is 9.53 Å². The minimum absolute atomic E-state index is 0.348. The lowest BCUT2D eigenvalue weighted by Gasteiger charge is -2.04. The van der Waals surface area contributed by atoms with Gasteiger partial charge in [-0.25, -0.2) is 4.79 Å². The van der Waals surface area contributed by atoms with Gasteiger partial charge in [0, 0.05) is 8.04 Å². The molecule has 0 radical (unpaired) electrons. The maximum atomic E-state index is 11.8. The lowest BCUT2D eigenvalue weighted by molar-refractivity contribution is 0.0734. The minimum atomic E-state index is -0.348. The number of carbonyl (C=O) groups excluding carboxylic acids is 1. The summed E-state index contributed by atoms with van der Waals surface area (Å²) in [6, 6.07) is 14.4. The van der Waals surface area contributed by atoms with E-state index < -0.39 is 0 Å². The molecule has 0 aliphatic rings. The molecule has 2 aromatic carbocycles. The van der Waals surface area contributed by atoms with Crippen molar-refractivity contribution in [1.29, 1.82) is 0 Å². The SMILES string of the molecule is O=C(Oc1cccc(I)c1)c1ccc(Br)cc1. The Morgan fingerprint density at radius 2 is 1.82 bits per heavy atom. The molecule has 0 fully saturated rings. The van der Waals surface area contributed by atoms with Crippen LogP contribution in [-0.4, -0.2) is 5.97 Å². The van der Waals surface area contributed by atoms with Gasteiger partial charge in [0.25, 0.3) is 0 Å². The molecule has 17 heavy (non-hydrogen) atoms. The lowest BCUT2D eigenvalue weighted by atomic mass is 10.2. The van der Waals surface area contributed by atoms with Crippen LogP contribution in [0.5, 0.6) is 5.75 Å². The van der Waals surface area contributed by atoms with E-state index in [0.29, 0.717) is 11.3 Å². The number of hydrogen-bond donors (Lipinski definition) is 0. The van der Waals surface area contributed by atoms with E-state index in [4.69, 9.17) is 4.74 Å². The van der Waals surface area contributed by atoms with E-state index in [0.717, 1.165) is 8.04 Å². The molecule has 2 nitrogen and oxygen atoms in total. The summed E-state index contributed by atoms with van der Waals surface area (Å²) in [7, 11) is 0. The lowest BCUT2D eigenvalue weighted by Crippen LogP contribution is -2.08. The summed E-state index contributed by atoms with van der Waals surface area (Å²) in [5, 5.41) is 0. The molecule has 0 bridgehead atoms. The fourth-order valence-electron chi connectivity index (χ4n) is 1.28. The van der Waals surface area contributed by atoms with Crippen LogP contribution in [0.3, 0.4) is 0 Å². The van der Waals surface area contributed by atoms with Gasteiger partial charge in [-0.05, 0) is 65.1 Å². The van der Waals surface area contributed by atoms with Crippen molar-refractivity contribution in [3.05, 3.63) is 62.1 Å². The highest BCUT2D eigenvalue weighted by atomic mass is 127. The van der Waals surface area contributed by atoms with E-state index in [2.05, 4.69) is 38.5 Å². The van der Waals surface area contributed by atoms with Crippen molar-refractivity contribution in [3.63, 3.8) is 0 Å². The van der Waals surface area contributed by atoms with Crippen molar-refractivity contribution in [2.45, 2.75) is 0 Å². The second-order valence-corrected chi connectivity index (χ2v) is 5.52. The van der Waals surface area contributed by atoms with E-state index >= 15 is 0 Å². The third-order valence-corrected chi connectivity index (χ3v) is 3.29. The molecular weight excluding hydrogens is 395 g/mol. The van der Waals surface area contributed by atoms with E-state index in [9.17, 15) is 4.79 Å². The number of ether oxygens (including phenoxy) is 1. The summed E-state index contributed by atoms with van der Waals surface area (Å²) in [4.78, 5) is 11.8. The van der Waals surface area contributed by atoms with Crippen LogP contribution >= 0.6 is 38.5 Å². The van der Waals surface area contributed by atoms with Crippen LogP contribution in [0.4, 0.5) is 0 Å². The molecule has 0 saturated heterocycles. The first kappa shape index (κ1) is 12.6. The Morgan fingerprint density at radius 1 is 1.12 bits per heavy atom. The second kappa shape index (κ2) is 5.64. The Bertz CT molecular complexity index is 537. The molecule has 0 spiro atoms. The van der Waals surface area contributed by atoms with Gasteiger partial charge in [-0.2, -0.15) is 0 Å². The average molecular weight is 403 g/mol. The van der Waals surface area contributed by atoms with Crippen molar-refractivity contribution >= 4 is 44.5 Å². The summed E-state index contributed by atoms with van der Waals surface area (Å²) in [6.45, 7) is 0. The van der Waals surface area contributed by atoms with E-state index in [-0.39, 0.29) is 5.97 Å². The molecule has 2 aromatic rings. The van der Waals surface area contributed by atoms with Crippen molar-refractivity contribution in [2.24, 2.45) is 0 Å². The Balaban J connectivity index is 2.14. The third kappa shape index (κ3) is 3.54. The van der Waals surface area contributed by atoms with Crippen LogP contribution in [0, 0.1) is 3.57 Å². The fourth-order valence-corrected chi connectivity index (χ4v) is 2.06. The molecule has 0 aromatic heterocycles. The van der Waals surface area contributed by atoms with Crippen LogP contribution in [0.25, 0.3) is 0 Å². The van der Waals surface area contributed by atoms with Crippen molar-refractivity contribution in [1.82, 2.24) is 0 Å². The quantitative estimate of drug-likeness (QED) is 0.426. The molecule has 0 N–H and O–H groups in total.